The Labute approximate surface area is 119 Å². The molecule has 1 atom stereocenters. The highest BCUT2D eigenvalue weighted by Crippen LogP contribution is 2.25. The predicted octanol–water partition coefficient (Wildman–Crippen LogP) is 1.44. The maximum atomic E-state index is 11.4. The second-order valence-electron chi connectivity index (χ2n) is 5.77. The molecule has 1 aliphatic rings. The number of nitrogens with zero attached hydrogens (tertiary/aromatic N) is 4. The summed E-state index contributed by atoms with van der Waals surface area (Å²) in [5, 5.41) is 9.38. The number of likely N-dealkylation sites (N-methyl/N-ethyl adjacent to an activating group) is 1. The molecule has 0 bridgehead atoms. The number of carboxylic acid groups (broad SMARTS) is 1. The zero-order chi connectivity index (χ0) is 14.9. The highest BCUT2D eigenvalue weighted by Gasteiger charge is 2.28. The molecule has 6 heteroatoms. The molecule has 2 rings (SSSR count). The molecule has 6 nitrogen and oxygen atoms in total. The van der Waals surface area contributed by atoms with E-state index in [1.54, 1.807) is 6.20 Å². The van der Waals surface area contributed by atoms with Crippen LogP contribution in [-0.4, -0.2) is 59.2 Å². The number of anilines is 1. The number of rotatable bonds is 4. The zero-order valence-electron chi connectivity index (χ0n) is 12.5. The summed E-state index contributed by atoms with van der Waals surface area (Å²) in [4.78, 5) is 24.2. The zero-order valence-corrected chi connectivity index (χ0v) is 12.5. The first-order valence-electron chi connectivity index (χ1n) is 6.91. The summed E-state index contributed by atoms with van der Waals surface area (Å²) in [5.74, 6) is -0.289. The van der Waals surface area contributed by atoms with Gasteiger partial charge in [-0.25, -0.2) is 14.8 Å². The van der Waals surface area contributed by atoms with Crippen molar-refractivity contribution in [3.63, 3.8) is 0 Å². The molecule has 20 heavy (non-hydrogen) atoms. The number of hydrogen-bond donors (Lipinski definition) is 1. The van der Waals surface area contributed by atoms with Crippen molar-refractivity contribution >= 4 is 11.7 Å². The summed E-state index contributed by atoms with van der Waals surface area (Å²) >= 11 is 0. The van der Waals surface area contributed by atoms with Gasteiger partial charge in [0.2, 0.25) is 0 Å². The average molecular weight is 278 g/mol. The molecule has 1 fully saturated rings. The van der Waals surface area contributed by atoms with Crippen LogP contribution in [0.3, 0.4) is 0 Å². The molecule has 2 heterocycles. The first-order valence-corrected chi connectivity index (χ1v) is 6.91. The standard InChI is InChI=1S/C14H22N4O2/c1-9(2)13-15-7-11(12(16-13)14(19)20)18-6-5-10(8-18)17(3)4/h7,9-10H,5-6,8H2,1-4H3,(H,19,20). The normalized spacial score (nSPS) is 19.1. The maximum absolute atomic E-state index is 11.4. The van der Waals surface area contributed by atoms with Crippen LogP contribution in [0.5, 0.6) is 0 Å². The average Bonchev–Trinajstić information content (AvgIpc) is 2.87. The molecule has 0 aromatic carbocycles. The van der Waals surface area contributed by atoms with E-state index in [4.69, 9.17) is 0 Å². The van der Waals surface area contributed by atoms with Gasteiger partial charge < -0.3 is 14.9 Å². The number of hydrogen-bond acceptors (Lipinski definition) is 5. The van der Waals surface area contributed by atoms with Crippen LogP contribution >= 0.6 is 0 Å². The van der Waals surface area contributed by atoms with Crippen molar-refractivity contribution in [3.05, 3.63) is 17.7 Å². The van der Waals surface area contributed by atoms with Gasteiger partial charge in [0, 0.05) is 25.0 Å². The molecule has 1 aromatic rings. The molecule has 0 amide bonds. The van der Waals surface area contributed by atoms with Crippen LogP contribution in [0, 0.1) is 0 Å². The summed E-state index contributed by atoms with van der Waals surface area (Å²) in [7, 11) is 4.09. The van der Waals surface area contributed by atoms with Crippen LogP contribution in [0.1, 0.15) is 42.5 Å². The van der Waals surface area contributed by atoms with E-state index in [0.29, 0.717) is 17.6 Å². The minimum absolute atomic E-state index is 0.114. The summed E-state index contributed by atoms with van der Waals surface area (Å²) in [6.07, 6.45) is 2.68. The van der Waals surface area contributed by atoms with Crippen molar-refractivity contribution in [2.75, 3.05) is 32.1 Å². The van der Waals surface area contributed by atoms with Gasteiger partial charge in [-0.15, -0.1) is 0 Å². The maximum Gasteiger partial charge on any atom is 0.356 e. The van der Waals surface area contributed by atoms with Gasteiger partial charge in [-0.05, 0) is 20.5 Å². The SMILES string of the molecule is CC(C)c1ncc(N2CCC(N(C)C)C2)c(C(=O)O)n1. The fraction of sp³-hybridized carbons (Fsp3) is 0.643. The van der Waals surface area contributed by atoms with E-state index in [-0.39, 0.29) is 11.6 Å². The lowest BCUT2D eigenvalue weighted by molar-refractivity contribution is 0.0690. The molecule has 1 aliphatic heterocycles. The van der Waals surface area contributed by atoms with Crippen LogP contribution < -0.4 is 4.90 Å². The Balaban J connectivity index is 2.30. The van der Waals surface area contributed by atoms with E-state index in [0.717, 1.165) is 19.5 Å². The first-order chi connectivity index (χ1) is 9.40. The molecule has 0 aliphatic carbocycles. The Morgan fingerprint density at radius 2 is 2.20 bits per heavy atom. The summed E-state index contributed by atoms with van der Waals surface area (Å²) in [5.41, 5.74) is 0.745. The Bertz CT molecular complexity index is 502. The third-order valence-electron chi connectivity index (χ3n) is 3.74. The smallest absolute Gasteiger partial charge is 0.356 e. The molecule has 0 radical (unpaired) electrons. The van der Waals surface area contributed by atoms with Crippen LogP contribution in [-0.2, 0) is 0 Å². The van der Waals surface area contributed by atoms with Crippen LogP contribution in [0.25, 0.3) is 0 Å². The summed E-state index contributed by atoms with van der Waals surface area (Å²) in [6.45, 7) is 5.57. The molecule has 0 spiro atoms. The second-order valence-corrected chi connectivity index (χ2v) is 5.77. The van der Waals surface area contributed by atoms with Gasteiger partial charge in [0.05, 0.1) is 11.9 Å². The Kier molecular flexibility index (Phi) is 4.23. The van der Waals surface area contributed by atoms with Gasteiger partial charge in [-0.1, -0.05) is 13.8 Å². The third-order valence-corrected chi connectivity index (χ3v) is 3.74. The van der Waals surface area contributed by atoms with Gasteiger partial charge in [0.25, 0.3) is 0 Å². The number of carboxylic acids is 1. The molecular weight excluding hydrogens is 256 g/mol. The van der Waals surface area contributed by atoms with Gasteiger partial charge in [-0.3, -0.25) is 0 Å². The second kappa shape index (κ2) is 5.75. The minimum Gasteiger partial charge on any atom is -0.476 e. The quantitative estimate of drug-likeness (QED) is 0.898. The molecule has 0 saturated carbocycles. The van der Waals surface area contributed by atoms with E-state index in [2.05, 4.69) is 19.8 Å². The molecular formula is C14H22N4O2. The number of aromatic carboxylic acids is 1. The Morgan fingerprint density at radius 3 is 2.70 bits per heavy atom. The molecule has 1 N–H and O–H groups in total. The van der Waals surface area contributed by atoms with Gasteiger partial charge in [-0.2, -0.15) is 0 Å². The van der Waals surface area contributed by atoms with Gasteiger partial charge in [0.15, 0.2) is 5.69 Å². The molecule has 1 aromatic heterocycles. The van der Waals surface area contributed by atoms with E-state index < -0.39 is 5.97 Å². The lowest BCUT2D eigenvalue weighted by Gasteiger charge is -2.22. The minimum atomic E-state index is -0.988. The molecule has 1 saturated heterocycles. The predicted molar refractivity (Wildman–Crippen MR) is 77.4 cm³/mol. The van der Waals surface area contributed by atoms with Crippen molar-refractivity contribution < 1.29 is 9.90 Å². The first kappa shape index (κ1) is 14.7. The van der Waals surface area contributed by atoms with E-state index in [1.807, 2.05) is 27.9 Å². The summed E-state index contributed by atoms with van der Waals surface area (Å²) < 4.78 is 0. The van der Waals surface area contributed by atoms with Crippen molar-refractivity contribution in [1.82, 2.24) is 14.9 Å². The molecule has 1 unspecified atom stereocenters. The van der Waals surface area contributed by atoms with Crippen molar-refractivity contribution in [2.45, 2.75) is 32.2 Å². The van der Waals surface area contributed by atoms with Crippen LogP contribution in [0.15, 0.2) is 6.20 Å². The fourth-order valence-electron chi connectivity index (χ4n) is 2.44. The number of carbonyl (C=O) groups is 1. The van der Waals surface area contributed by atoms with E-state index >= 15 is 0 Å². The monoisotopic (exact) mass is 278 g/mol. The third kappa shape index (κ3) is 2.90. The van der Waals surface area contributed by atoms with Crippen LogP contribution in [0.2, 0.25) is 0 Å². The van der Waals surface area contributed by atoms with Crippen molar-refractivity contribution in [3.8, 4) is 0 Å². The topological polar surface area (TPSA) is 69.6 Å². The van der Waals surface area contributed by atoms with E-state index in [9.17, 15) is 9.90 Å². The fourth-order valence-corrected chi connectivity index (χ4v) is 2.44. The highest BCUT2D eigenvalue weighted by atomic mass is 16.4. The summed E-state index contributed by atoms with van der Waals surface area (Å²) in [6, 6.07) is 0.446. The lowest BCUT2D eigenvalue weighted by Crippen LogP contribution is -2.32. The van der Waals surface area contributed by atoms with E-state index in [1.165, 1.54) is 0 Å². The lowest BCUT2D eigenvalue weighted by atomic mass is 10.2. The van der Waals surface area contributed by atoms with Crippen LogP contribution in [0.4, 0.5) is 5.69 Å². The molecule has 110 valence electrons. The van der Waals surface area contributed by atoms with Gasteiger partial charge >= 0.3 is 5.97 Å². The van der Waals surface area contributed by atoms with Gasteiger partial charge in [0.1, 0.15) is 5.82 Å². The largest absolute Gasteiger partial charge is 0.476 e. The van der Waals surface area contributed by atoms with Crippen molar-refractivity contribution in [2.24, 2.45) is 0 Å². The van der Waals surface area contributed by atoms with Crippen molar-refractivity contribution in [1.29, 1.82) is 0 Å². The number of aromatic nitrogens is 2. The Hall–Kier alpha value is -1.69. The Morgan fingerprint density at radius 1 is 1.50 bits per heavy atom. The highest BCUT2D eigenvalue weighted by molar-refractivity contribution is 5.92.